The van der Waals surface area contributed by atoms with Crippen LogP contribution in [0.1, 0.15) is 47.0 Å². The zero-order valence-corrected chi connectivity index (χ0v) is 22.4. The fourth-order valence-electron chi connectivity index (χ4n) is 3.00. The monoisotopic (exact) mass is 503 g/mol. The summed E-state index contributed by atoms with van der Waals surface area (Å²) in [6.07, 6.45) is 4.90. The minimum absolute atomic E-state index is 0.0694. The number of Topliss-reactive ketones (excluding diaryl/α,β-unsaturated/α-hetero) is 1. The van der Waals surface area contributed by atoms with Gasteiger partial charge in [-0.05, 0) is 18.8 Å². The fraction of sp³-hybridized carbons (Fsp3) is 0.880. The van der Waals surface area contributed by atoms with E-state index in [4.69, 9.17) is 28.4 Å². The van der Waals surface area contributed by atoms with E-state index in [0.717, 1.165) is 24.6 Å². The molecule has 0 amide bonds. The maximum absolute atomic E-state index is 11.4. The van der Waals surface area contributed by atoms with Crippen LogP contribution >= 0.6 is 0 Å². The van der Waals surface area contributed by atoms with Crippen molar-refractivity contribution in [1.82, 2.24) is 16.0 Å². The number of ether oxygens (including phenoxy) is 6. The summed E-state index contributed by atoms with van der Waals surface area (Å²) in [7, 11) is 0. The number of nitrogens with one attached hydrogen (secondary N) is 2. The van der Waals surface area contributed by atoms with Gasteiger partial charge in [0.15, 0.2) is 0 Å². The Bertz CT molecular complexity index is 547. The lowest BCUT2D eigenvalue weighted by Gasteiger charge is -2.15. The van der Waals surface area contributed by atoms with Crippen molar-refractivity contribution in [3.05, 3.63) is 11.9 Å². The molecule has 35 heavy (non-hydrogen) atoms. The molecule has 0 saturated heterocycles. The summed E-state index contributed by atoms with van der Waals surface area (Å²) in [4.78, 5) is 11.4. The summed E-state index contributed by atoms with van der Waals surface area (Å²) in [5.41, 5.74) is 7.27. The van der Waals surface area contributed by atoms with Crippen LogP contribution in [0.5, 0.6) is 0 Å². The molecule has 10 nitrogen and oxygen atoms in total. The van der Waals surface area contributed by atoms with Crippen molar-refractivity contribution in [3.63, 3.8) is 0 Å². The molecular weight excluding hydrogens is 454 g/mol. The minimum atomic E-state index is 0.0694. The van der Waals surface area contributed by atoms with Gasteiger partial charge >= 0.3 is 0 Å². The third-order valence-electron chi connectivity index (χ3n) is 5.11. The van der Waals surface area contributed by atoms with Crippen LogP contribution in [0.4, 0.5) is 0 Å². The van der Waals surface area contributed by atoms with E-state index in [1.165, 1.54) is 6.42 Å². The first-order chi connectivity index (χ1) is 17.0. The number of rotatable bonds is 25. The van der Waals surface area contributed by atoms with Gasteiger partial charge in [0.2, 0.25) is 0 Å². The molecule has 1 rings (SSSR count). The van der Waals surface area contributed by atoms with E-state index in [1.54, 1.807) is 0 Å². The first-order valence-electron chi connectivity index (χ1n) is 13.0. The van der Waals surface area contributed by atoms with Crippen LogP contribution < -0.4 is 11.0 Å². The van der Waals surface area contributed by atoms with Gasteiger partial charge in [-0.25, -0.2) is 0 Å². The molecule has 0 spiro atoms. The van der Waals surface area contributed by atoms with Crippen molar-refractivity contribution in [2.75, 3.05) is 85.8 Å². The minimum Gasteiger partial charge on any atom is -0.379 e. The molecule has 0 saturated carbocycles. The number of nitrogens with zero attached hydrogens (tertiary/aromatic N) is 1. The van der Waals surface area contributed by atoms with E-state index in [0.29, 0.717) is 85.7 Å². The van der Waals surface area contributed by atoms with Gasteiger partial charge in [0, 0.05) is 25.1 Å². The third kappa shape index (κ3) is 19.6. The van der Waals surface area contributed by atoms with Crippen molar-refractivity contribution in [2.24, 2.45) is 11.8 Å². The van der Waals surface area contributed by atoms with Crippen molar-refractivity contribution in [1.29, 1.82) is 0 Å². The summed E-state index contributed by atoms with van der Waals surface area (Å²) in [5, 5.41) is 2.06. The Balaban J connectivity index is 1.75. The highest BCUT2D eigenvalue weighted by molar-refractivity contribution is 5.80. The normalized spacial score (nSPS) is 13.7. The van der Waals surface area contributed by atoms with Crippen LogP contribution in [0.25, 0.3) is 0 Å². The molecule has 1 aliphatic rings. The highest BCUT2D eigenvalue weighted by atomic mass is 16.6. The smallest absolute Gasteiger partial charge is 0.137 e. The zero-order chi connectivity index (χ0) is 25.6. The van der Waals surface area contributed by atoms with Gasteiger partial charge in [0.05, 0.1) is 85.0 Å². The SMILES string of the molecule is CC(C)CCCN1C=C(COCCOCCOCCOCCOCCOCCC(=O)C(C)C)NN1. The summed E-state index contributed by atoms with van der Waals surface area (Å²) >= 11 is 0. The second kappa shape index (κ2) is 22.0. The number of carbonyl (C=O) groups is 1. The molecule has 1 heterocycles. The van der Waals surface area contributed by atoms with E-state index >= 15 is 0 Å². The second-order valence-electron chi connectivity index (χ2n) is 9.11. The maximum Gasteiger partial charge on any atom is 0.137 e. The lowest BCUT2D eigenvalue weighted by Crippen LogP contribution is -2.37. The predicted octanol–water partition coefficient (Wildman–Crippen LogP) is 2.30. The lowest BCUT2D eigenvalue weighted by atomic mass is 10.1. The van der Waals surface area contributed by atoms with E-state index < -0.39 is 0 Å². The second-order valence-corrected chi connectivity index (χ2v) is 9.11. The van der Waals surface area contributed by atoms with Crippen LogP contribution in [0.15, 0.2) is 11.9 Å². The molecule has 0 aromatic heterocycles. The standard InChI is InChI=1S/C25H49N3O7/c1-22(2)6-5-8-28-20-24(26-27-28)21-35-19-18-34-17-16-33-15-14-32-13-12-31-11-10-30-9-7-25(29)23(3)4/h20,22-23,26-27H,5-19,21H2,1-4H3. The van der Waals surface area contributed by atoms with Gasteiger partial charge in [-0.1, -0.05) is 27.7 Å². The summed E-state index contributed by atoms with van der Waals surface area (Å²) in [6, 6.07) is 0. The highest BCUT2D eigenvalue weighted by Gasteiger charge is 2.10. The molecule has 1 aliphatic heterocycles. The molecule has 0 radical (unpaired) electrons. The highest BCUT2D eigenvalue weighted by Crippen LogP contribution is 2.07. The van der Waals surface area contributed by atoms with Gasteiger partial charge in [-0.2, -0.15) is 0 Å². The first-order valence-corrected chi connectivity index (χ1v) is 13.0. The van der Waals surface area contributed by atoms with E-state index in [-0.39, 0.29) is 11.7 Å². The van der Waals surface area contributed by atoms with E-state index in [2.05, 4.69) is 36.0 Å². The van der Waals surface area contributed by atoms with Crippen LogP contribution in [0.2, 0.25) is 0 Å². The quantitative estimate of drug-likeness (QED) is 0.181. The first kappa shape index (κ1) is 31.8. The Kier molecular flexibility index (Phi) is 19.9. The van der Waals surface area contributed by atoms with Crippen LogP contribution in [-0.4, -0.2) is 96.6 Å². The average molecular weight is 504 g/mol. The molecule has 0 bridgehead atoms. The molecular formula is C25H49N3O7. The van der Waals surface area contributed by atoms with Gasteiger partial charge in [0.25, 0.3) is 0 Å². The lowest BCUT2D eigenvalue weighted by molar-refractivity contribution is -0.123. The zero-order valence-electron chi connectivity index (χ0n) is 22.4. The molecule has 206 valence electrons. The largest absolute Gasteiger partial charge is 0.379 e. The van der Waals surface area contributed by atoms with E-state index in [9.17, 15) is 4.79 Å². The van der Waals surface area contributed by atoms with Crippen molar-refractivity contribution in [2.45, 2.75) is 47.0 Å². The number of ketones is 1. The Hall–Kier alpha value is -1.27. The molecule has 0 fully saturated rings. The molecule has 0 aromatic carbocycles. The van der Waals surface area contributed by atoms with Gasteiger partial charge in [-0.3, -0.25) is 9.80 Å². The predicted molar refractivity (Wildman–Crippen MR) is 135 cm³/mol. The van der Waals surface area contributed by atoms with Crippen molar-refractivity contribution >= 4 is 5.78 Å². The molecule has 0 aromatic rings. The summed E-state index contributed by atoms with van der Waals surface area (Å²) < 4.78 is 32.9. The average Bonchev–Trinajstić information content (AvgIpc) is 3.27. The Labute approximate surface area is 211 Å². The summed E-state index contributed by atoms with van der Waals surface area (Å²) in [6.45, 7) is 15.4. The fourth-order valence-corrected chi connectivity index (χ4v) is 3.00. The number of hydrogen-bond acceptors (Lipinski definition) is 10. The summed E-state index contributed by atoms with van der Waals surface area (Å²) in [5.74, 6) is 1.03. The van der Waals surface area contributed by atoms with Crippen LogP contribution in [-0.2, 0) is 33.2 Å². The number of carbonyl (C=O) groups excluding carboxylic acids is 1. The Morgan fingerprint density at radius 2 is 1.26 bits per heavy atom. The topological polar surface area (TPSA) is 99.8 Å². The Morgan fingerprint density at radius 1 is 0.771 bits per heavy atom. The molecule has 0 atom stereocenters. The Morgan fingerprint density at radius 3 is 1.74 bits per heavy atom. The van der Waals surface area contributed by atoms with E-state index in [1.807, 2.05) is 13.8 Å². The molecule has 0 unspecified atom stereocenters. The number of hydrogen-bond donors (Lipinski definition) is 2. The van der Waals surface area contributed by atoms with Crippen molar-refractivity contribution < 1.29 is 33.2 Å². The third-order valence-corrected chi connectivity index (χ3v) is 5.11. The maximum atomic E-state index is 11.4. The molecule has 2 N–H and O–H groups in total. The van der Waals surface area contributed by atoms with Gasteiger partial charge in [0.1, 0.15) is 5.78 Å². The van der Waals surface area contributed by atoms with Crippen LogP contribution in [0, 0.1) is 11.8 Å². The number of hydrazine groups is 2. The van der Waals surface area contributed by atoms with Gasteiger partial charge in [-0.15, -0.1) is 5.53 Å². The van der Waals surface area contributed by atoms with Crippen molar-refractivity contribution in [3.8, 4) is 0 Å². The van der Waals surface area contributed by atoms with Gasteiger partial charge < -0.3 is 33.8 Å². The molecule has 0 aliphatic carbocycles. The van der Waals surface area contributed by atoms with Crippen LogP contribution in [0.3, 0.4) is 0 Å². The molecule has 10 heteroatoms.